The molecule has 0 spiro atoms. The first kappa shape index (κ1) is 10.4. The van der Waals surface area contributed by atoms with Crippen molar-refractivity contribution in [3.05, 3.63) is 33.6 Å². The van der Waals surface area contributed by atoms with Gasteiger partial charge in [-0.25, -0.2) is 4.39 Å². The summed E-state index contributed by atoms with van der Waals surface area (Å²) in [6, 6.07) is 1.98. The Morgan fingerprint density at radius 3 is 2.71 bits per heavy atom. The van der Waals surface area contributed by atoms with Gasteiger partial charge in [-0.15, -0.1) is 0 Å². The molecule has 0 unspecified atom stereocenters. The summed E-state index contributed by atoms with van der Waals surface area (Å²) in [6.45, 7) is -0.311. The number of nitrogens with two attached hydrogens (primary N) is 1. The van der Waals surface area contributed by atoms with Crippen LogP contribution in [0.1, 0.15) is 5.56 Å². The van der Waals surface area contributed by atoms with Crippen LogP contribution in [0.2, 0.25) is 0 Å². The van der Waals surface area contributed by atoms with Crippen LogP contribution in [-0.4, -0.2) is 16.6 Å². The highest BCUT2D eigenvalue weighted by atomic mass is 19.1. The van der Waals surface area contributed by atoms with Gasteiger partial charge < -0.3 is 10.8 Å². The van der Waals surface area contributed by atoms with E-state index in [1.165, 1.54) is 0 Å². The Morgan fingerprint density at radius 1 is 1.57 bits per heavy atom. The summed E-state index contributed by atoms with van der Waals surface area (Å²) in [5.41, 5.74) is 4.82. The number of aliphatic hydroxyl groups excluding tert-OH is 1. The third-order valence-electron chi connectivity index (χ3n) is 1.84. The van der Waals surface area contributed by atoms with Gasteiger partial charge in [0, 0.05) is 19.1 Å². The fourth-order valence-electron chi connectivity index (χ4n) is 1.17. The van der Waals surface area contributed by atoms with Gasteiger partial charge in [0.25, 0.3) is 5.69 Å². The van der Waals surface area contributed by atoms with Crippen molar-refractivity contribution in [2.24, 2.45) is 0 Å². The third kappa shape index (κ3) is 1.80. The summed E-state index contributed by atoms with van der Waals surface area (Å²) in [5, 5.41) is 19.1. The number of nitrogens with zero attached hydrogens (tertiary/aromatic N) is 1. The highest BCUT2D eigenvalue weighted by Crippen LogP contribution is 2.26. The fourth-order valence-corrected chi connectivity index (χ4v) is 1.17. The van der Waals surface area contributed by atoms with Crippen molar-refractivity contribution in [1.82, 2.24) is 0 Å². The molecule has 0 saturated heterocycles. The highest BCUT2D eigenvalue weighted by Gasteiger charge is 2.18. The van der Waals surface area contributed by atoms with Crippen LogP contribution >= 0.6 is 0 Å². The molecular formula is C8H9FN2O3. The van der Waals surface area contributed by atoms with Gasteiger partial charge in [-0.2, -0.15) is 0 Å². The first-order valence-electron chi connectivity index (χ1n) is 3.90. The number of halogens is 1. The van der Waals surface area contributed by atoms with Crippen LogP contribution in [0, 0.1) is 15.9 Å². The Hall–Kier alpha value is -1.69. The number of nitro groups is 1. The topological polar surface area (TPSA) is 89.4 Å². The van der Waals surface area contributed by atoms with E-state index in [0.29, 0.717) is 0 Å². The Bertz CT molecular complexity index is 368. The molecule has 3 N–H and O–H groups in total. The summed E-state index contributed by atoms with van der Waals surface area (Å²) in [4.78, 5) is 9.85. The summed E-state index contributed by atoms with van der Waals surface area (Å²) in [6.07, 6.45) is -0.0279. The summed E-state index contributed by atoms with van der Waals surface area (Å²) in [5.74, 6) is -0.709. The Morgan fingerprint density at radius 2 is 2.21 bits per heavy atom. The van der Waals surface area contributed by atoms with E-state index in [2.05, 4.69) is 0 Å². The maximum absolute atomic E-state index is 12.9. The molecule has 0 aliphatic rings. The quantitative estimate of drug-likeness (QED) is 0.430. The molecule has 0 bridgehead atoms. The number of anilines is 1. The van der Waals surface area contributed by atoms with E-state index < -0.39 is 10.7 Å². The standard InChI is InChI=1S/C8H9FN2O3/c9-6-1-2-7(11(13)14)5(3-4-12)8(6)10/h1-2,12H,3-4,10H2. The van der Waals surface area contributed by atoms with Crippen molar-refractivity contribution in [3.63, 3.8) is 0 Å². The molecule has 1 aromatic rings. The summed E-state index contributed by atoms with van der Waals surface area (Å²) < 4.78 is 12.9. The van der Waals surface area contributed by atoms with Crippen molar-refractivity contribution in [2.45, 2.75) is 6.42 Å². The average Bonchev–Trinajstić information content (AvgIpc) is 2.13. The van der Waals surface area contributed by atoms with Gasteiger partial charge in [-0.1, -0.05) is 0 Å². The summed E-state index contributed by atoms with van der Waals surface area (Å²) in [7, 11) is 0. The van der Waals surface area contributed by atoms with E-state index in [-0.39, 0.29) is 30.0 Å². The number of rotatable bonds is 3. The fraction of sp³-hybridized carbons (Fsp3) is 0.250. The first-order valence-corrected chi connectivity index (χ1v) is 3.90. The Balaban J connectivity index is 3.29. The second-order valence-corrected chi connectivity index (χ2v) is 2.69. The molecule has 0 radical (unpaired) electrons. The molecule has 76 valence electrons. The normalized spacial score (nSPS) is 10.1. The van der Waals surface area contributed by atoms with Crippen molar-refractivity contribution < 1.29 is 14.4 Å². The Labute approximate surface area is 79.1 Å². The van der Waals surface area contributed by atoms with Crippen LogP contribution < -0.4 is 5.73 Å². The minimum absolute atomic E-state index is 0.0279. The molecule has 0 amide bonds. The molecule has 0 heterocycles. The summed E-state index contributed by atoms with van der Waals surface area (Å²) >= 11 is 0. The zero-order chi connectivity index (χ0) is 10.7. The lowest BCUT2D eigenvalue weighted by molar-refractivity contribution is -0.385. The lowest BCUT2D eigenvalue weighted by Gasteiger charge is -2.05. The van der Waals surface area contributed by atoms with Crippen molar-refractivity contribution >= 4 is 11.4 Å². The zero-order valence-electron chi connectivity index (χ0n) is 7.24. The largest absolute Gasteiger partial charge is 0.396 e. The maximum Gasteiger partial charge on any atom is 0.274 e. The van der Waals surface area contributed by atoms with Gasteiger partial charge in [-0.05, 0) is 6.07 Å². The predicted molar refractivity (Wildman–Crippen MR) is 48.3 cm³/mol. The second-order valence-electron chi connectivity index (χ2n) is 2.69. The molecule has 1 aromatic carbocycles. The molecule has 1 rings (SSSR count). The molecule has 0 aliphatic carbocycles. The van der Waals surface area contributed by atoms with Crippen LogP contribution in [0.15, 0.2) is 12.1 Å². The minimum atomic E-state index is -0.709. The third-order valence-corrected chi connectivity index (χ3v) is 1.84. The van der Waals surface area contributed by atoms with Crippen molar-refractivity contribution in [3.8, 4) is 0 Å². The minimum Gasteiger partial charge on any atom is -0.396 e. The molecule has 6 heteroatoms. The van der Waals surface area contributed by atoms with Gasteiger partial charge in [-0.3, -0.25) is 10.1 Å². The van der Waals surface area contributed by atoms with E-state index in [1.807, 2.05) is 0 Å². The molecule has 0 fully saturated rings. The molecule has 5 nitrogen and oxygen atoms in total. The molecule has 0 aromatic heterocycles. The smallest absolute Gasteiger partial charge is 0.274 e. The number of hydrogen-bond donors (Lipinski definition) is 2. The van der Waals surface area contributed by atoms with E-state index >= 15 is 0 Å². The molecule has 0 aliphatic heterocycles. The van der Waals surface area contributed by atoms with Crippen LogP contribution in [0.4, 0.5) is 15.8 Å². The number of nitro benzene ring substituents is 1. The number of nitrogen functional groups attached to an aromatic ring is 1. The van der Waals surface area contributed by atoms with Crippen LogP contribution in [0.25, 0.3) is 0 Å². The predicted octanol–water partition coefficient (Wildman–Crippen LogP) is 0.851. The second kappa shape index (κ2) is 4.01. The van der Waals surface area contributed by atoms with E-state index in [4.69, 9.17) is 10.8 Å². The van der Waals surface area contributed by atoms with Gasteiger partial charge in [0.1, 0.15) is 5.82 Å². The number of hydrogen-bond acceptors (Lipinski definition) is 4. The van der Waals surface area contributed by atoms with Crippen LogP contribution in [0.5, 0.6) is 0 Å². The molecule has 0 saturated carbocycles. The number of benzene rings is 1. The van der Waals surface area contributed by atoms with Gasteiger partial charge in [0.15, 0.2) is 0 Å². The van der Waals surface area contributed by atoms with Gasteiger partial charge >= 0.3 is 0 Å². The lowest BCUT2D eigenvalue weighted by Crippen LogP contribution is -2.04. The van der Waals surface area contributed by atoms with Gasteiger partial charge in [0.2, 0.25) is 0 Å². The van der Waals surface area contributed by atoms with Gasteiger partial charge in [0.05, 0.1) is 16.2 Å². The van der Waals surface area contributed by atoms with Crippen molar-refractivity contribution in [1.29, 1.82) is 0 Å². The SMILES string of the molecule is Nc1c(F)ccc([N+](=O)[O-])c1CCO. The lowest BCUT2D eigenvalue weighted by atomic mass is 10.1. The van der Waals surface area contributed by atoms with Crippen molar-refractivity contribution in [2.75, 3.05) is 12.3 Å². The molecule has 14 heavy (non-hydrogen) atoms. The molecular weight excluding hydrogens is 191 g/mol. The van der Waals surface area contributed by atoms with E-state index in [1.54, 1.807) is 0 Å². The maximum atomic E-state index is 12.9. The molecule has 0 atom stereocenters. The monoisotopic (exact) mass is 200 g/mol. The highest BCUT2D eigenvalue weighted by molar-refractivity contribution is 5.58. The van der Waals surface area contributed by atoms with E-state index in [9.17, 15) is 14.5 Å². The number of aliphatic hydroxyl groups is 1. The van der Waals surface area contributed by atoms with Crippen LogP contribution in [0.3, 0.4) is 0 Å². The Kier molecular flexibility index (Phi) is 2.98. The zero-order valence-corrected chi connectivity index (χ0v) is 7.24. The average molecular weight is 200 g/mol. The van der Waals surface area contributed by atoms with E-state index in [0.717, 1.165) is 12.1 Å². The first-order chi connectivity index (χ1) is 6.57. The van der Waals surface area contributed by atoms with Crippen LogP contribution in [-0.2, 0) is 6.42 Å².